The largest absolute Gasteiger partial charge is 0.456 e. The van der Waals surface area contributed by atoms with Crippen molar-refractivity contribution in [3.05, 3.63) is 59.5 Å². The molecule has 4 nitrogen and oxygen atoms in total. The molecular weight excluding hydrogens is 266 g/mol. The summed E-state index contributed by atoms with van der Waals surface area (Å²) in [6.07, 6.45) is 1.38. The van der Waals surface area contributed by atoms with Gasteiger partial charge in [0.25, 0.3) is 5.91 Å². The smallest absolute Gasteiger partial charge is 0.287 e. The summed E-state index contributed by atoms with van der Waals surface area (Å²) in [5.41, 5.74) is 1.11. The van der Waals surface area contributed by atoms with E-state index < -0.39 is 0 Å². The van der Waals surface area contributed by atoms with E-state index in [1.165, 1.54) is 0 Å². The average molecular weight is 287 g/mol. The first-order chi connectivity index (χ1) is 10.2. The molecule has 2 rings (SSSR count). The van der Waals surface area contributed by atoms with Gasteiger partial charge in [-0.15, -0.1) is 0 Å². The van der Waals surface area contributed by atoms with Crippen LogP contribution in [0.5, 0.6) is 0 Å². The number of furan rings is 1. The SMILES string of the molecule is CCc1ccc(C(=O)NCC(CCO)c2ccccc2)o1. The molecule has 21 heavy (non-hydrogen) atoms. The van der Waals surface area contributed by atoms with Crippen molar-refractivity contribution in [3.8, 4) is 0 Å². The van der Waals surface area contributed by atoms with Crippen LogP contribution in [0.25, 0.3) is 0 Å². The van der Waals surface area contributed by atoms with E-state index in [0.29, 0.717) is 18.7 Å². The Morgan fingerprint density at radius 2 is 2.00 bits per heavy atom. The molecule has 0 spiro atoms. The highest BCUT2D eigenvalue weighted by Crippen LogP contribution is 2.18. The van der Waals surface area contributed by atoms with E-state index in [-0.39, 0.29) is 18.4 Å². The molecule has 1 aromatic heterocycles. The Balaban J connectivity index is 1.97. The molecule has 1 aromatic carbocycles. The van der Waals surface area contributed by atoms with Crippen LogP contribution in [0.2, 0.25) is 0 Å². The van der Waals surface area contributed by atoms with E-state index in [9.17, 15) is 9.90 Å². The van der Waals surface area contributed by atoms with E-state index in [1.807, 2.05) is 43.3 Å². The molecule has 2 N–H and O–H groups in total. The minimum absolute atomic E-state index is 0.0934. The quantitative estimate of drug-likeness (QED) is 0.823. The number of aliphatic hydroxyl groups excluding tert-OH is 1. The predicted octanol–water partition coefficient (Wildman–Crippen LogP) is 2.74. The first-order valence-corrected chi connectivity index (χ1v) is 7.27. The molecule has 0 aliphatic rings. The average Bonchev–Trinajstić information content (AvgIpc) is 3.01. The molecule has 2 aromatic rings. The number of hydrogen-bond donors (Lipinski definition) is 2. The molecule has 0 saturated carbocycles. The lowest BCUT2D eigenvalue weighted by Crippen LogP contribution is -2.28. The third kappa shape index (κ3) is 4.20. The Morgan fingerprint density at radius 3 is 2.62 bits per heavy atom. The van der Waals surface area contributed by atoms with Crippen molar-refractivity contribution < 1.29 is 14.3 Å². The summed E-state index contributed by atoms with van der Waals surface area (Å²) in [5.74, 6) is 1.02. The minimum atomic E-state index is -0.214. The second-order valence-electron chi connectivity index (χ2n) is 4.95. The number of aliphatic hydroxyl groups is 1. The fourth-order valence-corrected chi connectivity index (χ4v) is 2.26. The van der Waals surface area contributed by atoms with E-state index in [2.05, 4.69) is 5.32 Å². The lowest BCUT2D eigenvalue weighted by atomic mass is 9.96. The predicted molar refractivity (Wildman–Crippen MR) is 81.3 cm³/mol. The summed E-state index contributed by atoms with van der Waals surface area (Å²) in [4.78, 5) is 12.0. The molecule has 0 aliphatic heterocycles. The number of benzene rings is 1. The summed E-state index contributed by atoms with van der Waals surface area (Å²) in [5, 5.41) is 12.1. The first-order valence-electron chi connectivity index (χ1n) is 7.27. The topological polar surface area (TPSA) is 62.5 Å². The van der Waals surface area contributed by atoms with Gasteiger partial charge in [-0.1, -0.05) is 37.3 Å². The fourth-order valence-electron chi connectivity index (χ4n) is 2.26. The molecule has 0 fully saturated rings. The van der Waals surface area contributed by atoms with Crippen molar-refractivity contribution in [2.75, 3.05) is 13.2 Å². The lowest BCUT2D eigenvalue weighted by Gasteiger charge is -2.16. The van der Waals surface area contributed by atoms with Crippen molar-refractivity contribution in [3.63, 3.8) is 0 Å². The van der Waals surface area contributed by atoms with Crippen LogP contribution in [0, 0.1) is 0 Å². The number of hydrogen-bond acceptors (Lipinski definition) is 3. The van der Waals surface area contributed by atoms with Crippen molar-refractivity contribution in [2.24, 2.45) is 0 Å². The van der Waals surface area contributed by atoms with Crippen LogP contribution in [0.1, 0.15) is 41.1 Å². The van der Waals surface area contributed by atoms with E-state index in [1.54, 1.807) is 6.07 Å². The minimum Gasteiger partial charge on any atom is -0.456 e. The van der Waals surface area contributed by atoms with Crippen LogP contribution < -0.4 is 5.32 Å². The van der Waals surface area contributed by atoms with Gasteiger partial charge in [-0.2, -0.15) is 0 Å². The van der Waals surface area contributed by atoms with Crippen LogP contribution in [0.4, 0.5) is 0 Å². The Bertz CT molecular complexity index is 562. The van der Waals surface area contributed by atoms with Gasteiger partial charge >= 0.3 is 0 Å². The maximum absolute atomic E-state index is 12.0. The first kappa shape index (κ1) is 15.3. The Morgan fingerprint density at radius 1 is 1.24 bits per heavy atom. The van der Waals surface area contributed by atoms with Crippen molar-refractivity contribution in [1.29, 1.82) is 0 Å². The van der Waals surface area contributed by atoms with Gasteiger partial charge in [0.05, 0.1) is 0 Å². The maximum Gasteiger partial charge on any atom is 0.287 e. The van der Waals surface area contributed by atoms with Crippen LogP contribution in [-0.2, 0) is 6.42 Å². The fraction of sp³-hybridized carbons (Fsp3) is 0.353. The van der Waals surface area contributed by atoms with Crippen molar-refractivity contribution in [2.45, 2.75) is 25.7 Å². The molecular formula is C17H21NO3. The van der Waals surface area contributed by atoms with Crippen LogP contribution in [0.3, 0.4) is 0 Å². The number of rotatable bonds is 7. The highest BCUT2D eigenvalue weighted by molar-refractivity contribution is 5.91. The van der Waals surface area contributed by atoms with Gasteiger partial charge in [-0.3, -0.25) is 4.79 Å². The normalized spacial score (nSPS) is 12.1. The second-order valence-corrected chi connectivity index (χ2v) is 4.95. The summed E-state index contributed by atoms with van der Waals surface area (Å²) in [7, 11) is 0. The van der Waals surface area contributed by atoms with Gasteiger partial charge in [0.1, 0.15) is 5.76 Å². The van der Waals surface area contributed by atoms with E-state index >= 15 is 0 Å². The molecule has 1 unspecified atom stereocenters. The third-order valence-electron chi connectivity index (χ3n) is 3.49. The van der Waals surface area contributed by atoms with Crippen molar-refractivity contribution >= 4 is 5.91 Å². The number of aryl methyl sites for hydroxylation is 1. The van der Waals surface area contributed by atoms with E-state index in [4.69, 9.17) is 4.42 Å². The van der Waals surface area contributed by atoms with Gasteiger partial charge in [0.15, 0.2) is 5.76 Å². The molecule has 0 aliphatic carbocycles. The molecule has 1 heterocycles. The molecule has 4 heteroatoms. The summed E-state index contributed by atoms with van der Waals surface area (Å²) < 4.78 is 5.43. The molecule has 1 atom stereocenters. The molecule has 112 valence electrons. The zero-order valence-electron chi connectivity index (χ0n) is 12.2. The molecule has 0 saturated heterocycles. The number of carbonyl (C=O) groups is 1. The zero-order valence-corrected chi connectivity index (χ0v) is 12.2. The third-order valence-corrected chi connectivity index (χ3v) is 3.49. The number of amides is 1. The van der Waals surface area contributed by atoms with Gasteiger partial charge in [0.2, 0.25) is 0 Å². The maximum atomic E-state index is 12.0. The van der Waals surface area contributed by atoms with Crippen LogP contribution in [-0.4, -0.2) is 24.2 Å². The standard InChI is InChI=1S/C17H21NO3/c1-2-15-8-9-16(21-15)17(20)18-12-14(10-11-19)13-6-4-3-5-7-13/h3-9,14,19H,2,10-12H2,1H3,(H,18,20). The van der Waals surface area contributed by atoms with Gasteiger partial charge in [-0.25, -0.2) is 0 Å². The second kappa shape index (κ2) is 7.64. The summed E-state index contributed by atoms with van der Waals surface area (Å²) >= 11 is 0. The van der Waals surface area contributed by atoms with Crippen LogP contribution >= 0.6 is 0 Å². The Labute approximate surface area is 124 Å². The lowest BCUT2D eigenvalue weighted by molar-refractivity contribution is 0.0920. The number of nitrogens with one attached hydrogen (secondary N) is 1. The number of carbonyl (C=O) groups excluding carboxylic acids is 1. The summed E-state index contributed by atoms with van der Waals surface area (Å²) in [6.45, 7) is 2.55. The molecule has 0 radical (unpaired) electrons. The van der Waals surface area contributed by atoms with Crippen molar-refractivity contribution in [1.82, 2.24) is 5.32 Å². The van der Waals surface area contributed by atoms with Gasteiger partial charge in [0, 0.05) is 25.5 Å². The molecule has 0 bridgehead atoms. The Kier molecular flexibility index (Phi) is 5.58. The van der Waals surface area contributed by atoms with Gasteiger partial charge < -0.3 is 14.8 Å². The Hall–Kier alpha value is -2.07. The monoisotopic (exact) mass is 287 g/mol. The van der Waals surface area contributed by atoms with Gasteiger partial charge in [-0.05, 0) is 24.1 Å². The highest BCUT2D eigenvalue weighted by Gasteiger charge is 2.15. The van der Waals surface area contributed by atoms with E-state index in [0.717, 1.165) is 17.7 Å². The van der Waals surface area contributed by atoms with Crippen LogP contribution in [0.15, 0.2) is 46.9 Å². The highest BCUT2D eigenvalue weighted by atomic mass is 16.3. The summed E-state index contributed by atoms with van der Waals surface area (Å²) in [6, 6.07) is 13.4. The zero-order chi connectivity index (χ0) is 15.1. The molecule has 1 amide bonds.